The predicted octanol–water partition coefficient (Wildman–Crippen LogP) is 0.834. The van der Waals surface area contributed by atoms with Gasteiger partial charge in [-0.25, -0.2) is 0 Å². The van der Waals surface area contributed by atoms with Gasteiger partial charge in [0.05, 0.1) is 11.1 Å². The van der Waals surface area contributed by atoms with Crippen LogP contribution in [0, 0.1) is 0 Å². The van der Waals surface area contributed by atoms with Crippen LogP contribution >= 0.6 is 0 Å². The van der Waals surface area contributed by atoms with Crippen LogP contribution in [0.25, 0.3) is 0 Å². The third-order valence-corrected chi connectivity index (χ3v) is 6.59. The van der Waals surface area contributed by atoms with Crippen LogP contribution in [-0.2, 0) is 19.1 Å². The summed E-state index contributed by atoms with van der Waals surface area (Å²) in [6, 6.07) is 4.32. The highest BCUT2D eigenvalue weighted by Crippen LogP contribution is 2.31. The summed E-state index contributed by atoms with van der Waals surface area (Å²) in [5.74, 6) is -1.94. The zero-order valence-electron chi connectivity index (χ0n) is 18.2. The lowest BCUT2D eigenvalue weighted by Gasteiger charge is -2.36. The standard InChI is InChI=1S/C23H26N4O6/c28-19-6-5-18(21(29)24-19)27-22(30)16-4-3-15(14-17(16)23(27)31)26-10-8-25(9-11-26)7-1-2-20-32-12-13-33-20/h3-4,12-14,18,20H,1-2,5-11H2,(H,24,28,29). The monoisotopic (exact) mass is 454 g/mol. The van der Waals surface area contributed by atoms with Gasteiger partial charge in [-0.15, -0.1) is 0 Å². The number of piperazine rings is 1. The second-order valence-electron chi connectivity index (χ2n) is 8.62. The normalized spacial score (nSPS) is 23.6. The van der Waals surface area contributed by atoms with Crippen LogP contribution in [0.2, 0.25) is 0 Å². The van der Waals surface area contributed by atoms with Crippen molar-refractivity contribution in [2.24, 2.45) is 0 Å². The van der Waals surface area contributed by atoms with Gasteiger partial charge < -0.3 is 14.4 Å². The smallest absolute Gasteiger partial charge is 0.262 e. The minimum atomic E-state index is -0.946. The van der Waals surface area contributed by atoms with Gasteiger partial charge >= 0.3 is 0 Å². The molecule has 0 radical (unpaired) electrons. The van der Waals surface area contributed by atoms with Crippen molar-refractivity contribution in [2.45, 2.75) is 38.0 Å². The maximum Gasteiger partial charge on any atom is 0.262 e. The van der Waals surface area contributed by atoms with Gasteiger partial charge in [-0.05, 0) is 37.6 Å². The van der Waals surface area contributed by atoms with Gasteiger partial charge in [0.25, 0.3) is 11.8 Å². The largest absolute Gasteiger partial charge is 0.459 e. The average Bonchev–Trinajstić information content (AvgIpc) is 3.42. The molecule has 1 aromatic carbocycles. The van der Waals surface area contributed by atoms with Gasteiger partial charge in [0.1, 0.15) is 18.6 Å². The van der Waals surface area contributed by atoms with Crippen LogP contribution in [0.4, 0.5) is 5.69 Å². The molecule has 0 bridgehead atoms. The van der Waals surface area contributed by atoms with Crippen LogP contribution in [0.5, 0.6) is 0 Å². The number of nitrogens with one attached hydrogen (secondary N) is 1. The Balaban J connectivity index is 1.19. The number of fused-ring (bicyclic) bond motifs is 1. The molecule has 2 fully saturated rings. The summed E-state index contributed by atoms with van der Waals surface area (Å²) in [7, 11) is 0. The maximum absolute atomic E-state index is 13.0. The third kappa shape index (κ3) is 4.18. The number of amides is 4. The molecular weight excluding hydrogens is 428 g/mol. The second kappa shape index (κ2) is 8.86. The number of ether oxygens (including phenoxy) is 2. The van der Waals surface area contributed by atoms with Crippen molar-refractivity contribution in [1.29, 1.82) is 0 Å². The van der Waals surface area contributed by atoms with E-state index in [-0.39, 0.29) is 25.0 Å². The fourth-order valence-electron chi connectivity index (χ4n) is 4.77. The highest BCUT2D eigenvalue weighted by atomic mass is 16.7. The number of piperidine rings is 1. The molecule has 10 heteroatoms. The van der Waals surface area contributed by atoms with Crippen molar-refractivity contribution in [1.82, 2.24) is 15.1 Å². The first-order valence-electron chi connectivity index (χ1n) is 11.3. The van der Waals surface area contributed by atoms with E-state index in [2.05, 4.69) is 15.1 Å². The Morgan fingerprint density at radius 2 is 1.67 bits per heavy atom. The summed E-state index contributed by atoms with van der Waals surface area (Å²) >= 11 is 0. The lowest BCUT2D eigenvalue weighted by Crippen LogP contribution is -2.54. The Kier molecular flexibility index (Phi) is 5.76. The number of hydrogen-bond donors (Lipinski definition) is 1. The van der Waals surface area contributed by atoms with Gasteiger partial charge in [-0.1, -0.05) is 0 Å². The molecule has 0 aliphatic carbocycles. The summed E-state index contributed by atoms with van der Waals surface area (Å²) in [4.78, 5) is 55.1. The predicted molar refractivity (Wildman–Crippen MR) is 116 cm³/mol. The molecule has 1 atom stereocenters. The molecule has 0 spiro atoms. The number of benzene rings is 1. The van der Waals surface area contributed by atoms with Crippen molar-refractivity contribution in [2.75, 3.05) is 37.6 Å². The Labute approximate surface area is 191 Å². The minimum absolute atomic E-state index is 0.108. The third-order valence-electron chi connectivity index (χ3n) is 6.59. The number of carbonyl (C=O) groups is 4. The maximum atomic E-state index is 13.0. The molecule has 1 aromatic rings. The van der Waals surface area contributed by atoms with E-state index in [0.29, 0.717) is 11.1 Å². The van der Waals surface area contributed by atoms with E-state index in [9.17, 15) is 19.2 Å². The van der Waals surface area contributed by atoms with Crippen LogP contribution in [0.1, 0.15) is 46.4 Å². The Morgan fingerprint density at radius 3 is 2.39 bits per heavy atom. The van der Waals surface area contributed by atoms with Crippen molar-refractivity contribution in [3.05, 3.63) is 41.9 Å². The Morgan fingerprint density at radius 1 is 0.939 bits per heavy atom. The summed E-state index contributed by atoms with van der Waals surface area (Å²) in [6.07, 6.45) is 5.07. The van der Waals surface area contributed by atoms with Gasteiger partial charge in [0, 0.05) is 44.7 Å². The number of imide groups is 2. The number of anilines is 1. The van der Waals surface area contributed by atoms with E-state index in [0.717, 1.165) is 56.2 Å². The summed E-state index contributed by atoms with van der Waals surface area (Å²) in [5.41, 5.74) is 1.51. The van der Waals surface area contributed by atoms with Crippen molar-refractivity contribution >= 4 is 29.3 Å². The molecular formula is C23H26N4O6. The quantitative estimate of drug-likeness (QED) is 0.630. The van der Waals surface area contributed by atoms with E-state index in [4.69, 9.17) is 9.47 Å². The molecule has 10 nitrogen and oxygen atoms in total. The van der Waals surface area contributed by atoms with E-state index in [1.54, 1.807) is 24.7 Å². The molecule has 2 saturated heterocycles. The van der Waals surface area contributed by atoms with Gasteiger partial charge in [0.15, 0.2) is 0 Å². The van der Waals surface area contributed by atoms with Gasteiger partial charge in [-0.3, -0.25) is 34.3 Å². The second-order valence-corrected chi connectivity index (χ2v) is 8.62. The lowest BCUT2D eigenvalue weighted by molar-refractivity contribution is -0.136. The first-order valence-corrected chi connectivity index (χ1v) is 11.3. The number of nitrogens with zero attached hydrogens (tertiary/aromatic N) is 3. The fraction of sp³-hybridized carbons (Fsp3) is 0.478. The Hall–Kier alpha value is -3.40. The van der Waals surface area contributed by atoms with E-state index >= 15 is 0 Å². The molecule has 4 heterocycles. The van der Waals surface area contributed by atoms with Gasteiger partial charge in [0.2, 0.25) is 18.1 Å². The highest BCUT2D eigenvalue weighted by molar-refractivity contribution is 6.23. The fourth-order valence-corrected chi connectivity index (χ4v) is 4.77. The zero-order chi connectivity index (χ0) is 22.9. The number of rotatable bonds is 6. The van der Waals surface area contributed by atoms with E-state index in [1.807, 2.05) is 6.07 Å². The van der Waals surface area contributed by atoms with Crippen LogP contribution < -0.4 is 10.2 Å². The topological polar surface area (TPSA) is 108 Å². The van der Waals surface area contributed by atoms with E-state index < -0.39 is 23.8 Å². The van der Waals surface area contributed by atoms with Crippen LogP contribution in [0.15, 0.2) is 30.7 Å². The Bertz CT molecular complexity index is 1010. The van der Waals surface area contributed by atoms with Crippen molar-refractivity contribution in [3.8, 4) is 0 Å². The highest BCUT2D eigenvalue weighted by Gasteiger charge is 2.44. The summed E-state index contributed by atoms with van der Waals surface area (Å²) < 4.78 is 10.6. The molecule has 0 saturated carbocycles. The van der Waals surface area contributed by atoms with E-state index in [1.165, 1.54) is 0 Å². The first kappa shape index (κ1) is 21.4. The van der Waals surface area contributed by atoms with Crippen molar-refractivity contribution < 1.29 is 28.7 Å². The van der Waals surface area contributed by atoms with Crippen LogP contribution in [0.3, 0.4) is 0 Å². The molecule has 4 aliphatic heterocycles. The number of hydrogen-bond acceptors (Lipinski definition) is 8. The molecule has 174 valence electrons. The average molecular weight is 454 g/mol. The molecule has 0 aromatic heterocycles. The summed E-state index contributed by atoms with van der Waals surface area (Å²) in [6.45, 7) is 4.40. The molecule has 1 N–H and O–H groups in total. The first-order chi connectivity index (χ1) is 16.0. The molecule has 1 unspecified atom stereocenters. The lowest BCUT2D eigenvalue weighted by atomic mass is 10.0. The molecule has 33 heavy (non-hydrogen) atoms. The number of carbonyl (C=O) groups excluding carboxylic acids is 4. The zero-order valence-corrected chi connectivity index (χ0v) is 18.2. The minimum Gasteiger partial charge on any atom is -0.459 e. The van der Waals surface area contributed by atoms with Gasteiger partial charge in [-0.2, -0.15) is 0 Å². The molecule has 4 amide bonds. The molecule has 4 aliphatic rings. The molecule has 5 rings (SSSR count). The van der Waals surface area contributed by atoms with Crippen molar-refractivity contribution in [3.63, 3.8) is 0 Å². The van der Waals surface area contributed by atoms with Crippen LogP contribution in [-0.4, -0.2) is 78.5 Å². The SMILES string of the molecule is O=C1CCC(N2C(=O)c3ccc(N4CCN(CCCC5OC=CO5)CC4)cc3C2=O)C(=O)N1. The summed E-state index contributed by atoms with van der Waals surface area (Å²) in [5, 5.41) is 2.22.